The highest BCUT2D eigenvalue weighted by Crippen LogP contribution is 1.95. The van der Waals surface area contributed by atoms with E-state index in [1.54, 1.807) is 0 Å². The van der Waals surface area contributed by atoms with Crippen LogP contribution >= 0.6 is 22.6 Å². The van der Waals surface area contributed by atoms with Crippen LogP contribution in [-0.4, -0.2) is 15.6 Å². The molecule has 0 heterocycles. The van der Waals surface area contributed by atoms with Gasteiger partial charge in [0.1, 0.15) is 0 Å². The Bertz CT molecular complexity index is 93.6. The van der Waals surface area contributed by atoms with E-state index >= 15 is 0 Å². The molecule has 0 atom stereocenters. The van der Waals surface area contributed by atoms with Crippen molar-refractivity contribution in [2.75, 3.05) is 6.61 Å². The first kappa shape index (κ1) is 10.6. The summed E-state index contributed by atoms with van der Waals surface area (Å²) < 4.78 is 7.55. The first-order valence-corrected chi connectivity index (χ1v) is 7.67. The Kier molecular flexibility index (Phi) is 8.25. The van der Waals surface area contributed by atoms with E-state index in [1.807, 2.05) is 0 Å². The van der Waals surface area contributed by atoms with E-state index in [2.05, 4.69) is 45.8 Å². The first-order valence-electron chi connectivity index (χ1n) is 3.64. The van der Waals surface area contributed by atoms with E-state index in [9.17, 15) is 0 Å². The summed E-state index contributed by atoms with van der Waals surface area (Å²) in [4.78, 5) is 0. The monoisotopic (exact) mass is 270 g/mol. The molecule has 0 spiro atoms. The predicted octanol–water partition coefficient (Wildman–Crippen LogP) is 2.72. The zero-order chi connectivity index (χ0) is 7.82. The molecule has 0 aliphatic heterocycles. The highest BCUT2D eigenvalue weighted by Gasteiger charge is 1.92. The Labute approximate surface area is 78.7 Å². The van der Waals surface area contributed by atoms with Crippen LogP contribution in [0.1, 0.15) is 12.8 Å². The molecule has 0 aliphatic carbocycles. The fourth-order valence-corrected chi connectivity index (χ4v) is 1.58. The molecule has 0 N–H and O–H groups in total. The number of hydrogen-bond donors (Lipinski definition) is 0. The van der Waals surface area contributed by atoms with E-state index in [1.165, 1.54) is 6.42 Å². The minimum atomic E-state index is -0.748. The van der Waals surface area contributed by atoms with E-state index in [0.717, 1.165) is 13.0 Å². The van der Waals surface area contributed by atoms with Crippen molar-refractivity contribution in [1.29, 1.82) is 0 Å². The van der Waals surface area contributed by atoms with Gasteiger partial charge in [-0.3, -0.25) is 0 Å². The first-order chi connectivity index (χ1) is 4.77. The van der Waals surface area contributed by atoms with Crippen LogP contribution < -0.4 is 0 Å². The van der Waals surface area contributed by atoms with Gasteiger partial charge in [-0.05, 0) is 30.0 Å². The lowest BCUT2D eigenvalue weighted by Gasteiger charge is -2.03. The average Bonchev–Trinajstić information content (AvgIpc) is 1.87. The van der Waals surface area contributed by atoms with Crippen LogP contribution in [0.2, 0.25) is 13.1 Å². The average molecular weight is 270 g/mol. The van der Waals surface area contributed by atoms with Gasteiger partial charge in [0, 0.05) is 6.61 Å². The van der Waals surface area contributed by atoms with E-state index < -0.39 is 9.04 Å². The number of hydrogen-bond acceptors (Lipinski definition) is 1. The second-order valence-corrected chi connectivity index (χ2v) is 5.57. The number of allylic oxidation sites excluding steroid dienone is 1. The van der Waals surface area contributed by atoms with E-state index in [4.69, 9.17) is 4.43 Å². The van der Waals surface area contributed by atoms with Gasteiger partial charge in [0.2, 0.25) is 0 Å². The van der Waals surface area contributed by atoms with Crippen LogP contribution in [0.5, 0.6) is 0 Å². The molecule has 0 aromatic carbocycles. The zero-order valence-corrected chi connectivity index (χ0v) is 9.95. The summed E-state index contributed by atoms with van der Waals surface area (Å²) in [5, 5.41) is 0. The molecule has 0 fully saturated rings. The lowest BCUT2D eigenvalue weighted by Crippen LogP contribution is -2.08. The fraction of sp³-hybridized carbons (Fsp3) is 0.714. The molecule has 0 radical (unpaired) electrons. The maximum absolute atomic E-state index is 5.49. The van der Waals surface area contributed by atoms with E-state index in [-0.39, 0.29) is 0 Å². The third-order valence-electron chi connectivity index (χ3n) is 1.06. The molecule has 0 rings (SSSR count). The highest BCUT2D eigenvalue weighted by atomic mass is 127. The molecule has 60 valence electrons. The van der Waals surface area contributed by atoms with Crippen LogP contribution in [0, 0.1) is 0 Å². The Hall–Kier alpha value is 0.647. The Morgan fingerprint density at radius 3 is 2.70 bits per heavy atom. The third-order valence-corrected chi connectivity index (χ3v) is 2.47. The number of halogens is 1. The van der Waals surface area contributed by atoms with Gasteiger partial charge in [-0.2, -0.15) is 0 Å². The topological polar surface area (TPSA) is 9.23 Å². The van der Waals surface area contributed by atoms with Gasteiger partial charge in [0.05, 0.1) is 0 Å². The molecule has 0 bridgehead atoms. The standard InChI is InChI=1S/C7H15IOSi/c1-10(2)9-7-5-3-4-6-8/h4,6,10H,3,5,7H2,1-2H3. The van der Waals surface area contributed by atoms with Crippen LogP contribution in [0.25, 0.3) is 0 Å². The van der Waals surface area contributed by atoms with Crippen LogP contribution in [-0.2, 0) is 4.43 Å². The molecule has 1 nitrogen and oxygen atoms in total. The van der Waals surface area contributed by atoms with Crippen LogP contribution in [0.4, 0.5) is 0 Å². The summed E-state index contributed by atoms with van der Waals surface area (Å²) in [5.74, 6) is 0. The molecular formula is C7H15IOSi. The summed E-state index contributed by atoms with van der Waals surface area (Å²) in [7, 11) is -0.748. The maximum atomic E-state index is 5.49. The van der Waals surface area contributed by atoms with Crippen molar-refractivity contribution in [2.24, 2.45) is 0 Å². The molecule has 0 unspecified atom stereocenters. The molecule has 0 saturated heterocycles. The molecule has 10 heavy (non-hydrogen) atoms. The summed E-state index contributed by atoms with van der Waals surface area (Å²) in [5.41, 5.74) is 0. The van der Waals surface area contributed by atoms with Gasteiger partial charge in [0.15, 0.2) is 9.04 Å². The summed E-state index contributed by atoms with van der Waals surface area (Å²) in [6, 6.07) is 0. The van der Waals surface area contributed by atoms with Gasteiger partial charge in [0.25, 0.3) is 0 Å². The Morgan fingerprint density at radius 1 is 1.50 bits per heavy atom. The number of rotatable bonds is 5. The van der Waals surface area contributed by atoms with Crippen molar-refractivity contribution in [3.05, 3.63) is 10.2 Å². The second-order valence-electron chi connectivity index (χ2n) is 2.42. The minimum Gasteiger partial charge on any atom is -0.421 e. The van der Waals surface area contributed by atoms with Crippen molar-refractivity contribution in [3.8, 4) is 0 Å². The molecular weight excluding hydrogens is 255 g/mol. The van der Waals surface area contributed by atoms with Gasteiger partial charge in [-0.25, -0.2) is 0 Å². The fourth-order valence-electron chi connectivity index (χ4n) is 0.583. The molecule has 0 aliphatic rings. The predicted molar refractivity (Wildman–Crippen MR) is 57.2 cm³/mol. The van der Waals surface area contributed by atoms with Crippen molar-refractivity contribution >= 4 is 31.6 Å². The lowest BCUT2D eigenvalue weighted by atomic mass is 10.3. The molecule has 0 aromatic rings. The zero-order valence-electron chi connectivity index (χ0n) is 6.64. The van der Waals surface area contributed by atoms with Gasteiger partial charge in [-0.15, -0.1) is 0 Å². The Balaban J connectivity index is 2.91. The highest BCUT2D eigenvalue weighted by molar-refractivity contribution is 14.1. The van der Waals surface area contributed by atoms with Crippen molar-refractivity contribution < 1.29 is 4.43 Å². The summed E-state index contributed by atoms with van der Waals surface area (Å²) in [6.07, 6.45) is 4.50. The van der Waals surface area contributed by atoms with Gasteiger partial charge < -0.3 is 4.43 Å². The smallest absolute Gasteiger partial charge is 0.170 e. The van der Waals surface area contributed by atoms with Crippen molar-refractivity contribution in [2.45, 2.75) is 25.9 Å². The van der Waals surface area contributed by atoms with Gasteiger partial charge in [-0.1, -0.05) is 28.7 Å². The van der Waals surface area contributed by atoms with E-state index in [0.29, 0.717) is 0 Å². The molecule has 3 heteroatoms. The Morgan fingerprint density at radius 2 is 2.20 bits per heavy atom. The second kappa shape index (κ2) is 7.75. The molecule has 0 aromatic heterocycles. The van der Waals surface area contributed by atoms with Crippen molar-refractivity contribution in [1.82, 2.24) is 0 Å². The van der Waals surface area contributed by atoms with Crippen LogP contribution in [0.3, 0.4) is 0 Å². The minimum absolute atomic E-state index is 0.748. The quantitative estimate of drug-likeness (QED) is 0.424. The van der Waals surface area contributed by atoms with Gasteiger partial charge >= 0.3 is 0 Å². The molecule has 0 saturated carbocycles. The third kappa shape index (κ3) is 8.65. The molecule has 0 amide bonds. The SMILES string of the molecule is C[SiH](C)OCCCC=CI. The summed E-state index contributed by atoms with van der Waals surface area (Å²) >= 11 is 2.24. The van der Waals surface area contributed by atoms with Crippen molar-refractivity contribution in [3.63, 3.8) is 0 Å². The van der Waals surface area contributed by atoms with Crippen LogP contribution in [0.15, 0.2) is 10.2 Å². The largest absolute Gasteiger partial charge is 0.421 e. The summed E-state index contributed by atoms with van der Waals surface area (Å²) in [6.45, 7) is 5.35. The lowest BCUT2D eigenvalue weighted by molar-refractivity contribution is 0.320. The number of unbranched alkanes of at least 4 members (excludes halogenated alkanes) is 1. The maximum Gasteiger partial charge on any atom is 0.170 e. The normalized spacial score (nSPS) is 11.6.